The van der Waals surface area contributed by atoms with E-state index in [9.17, 15) is 9.59 Å². The zero-order valence-electron chi connectivity index (χ0n) is 17.7. The van der Waals surface area contributed by atoms with Crippen LogP contribution in [0.25, 0.3) is 0 Å². The Hall–Kier alpha value is -3.36. The van der Waals surface area contributed by atoms with E-state index in [2.05, 4.69) is 31.8 Å². The number of carbonyl (C=O) groups is 2. The van der Waals surface area contributed by atoms with Crippen LogP contribution in [-0.4, -0.2) is 25.1 Å². The highest BCUT2D eigenvalue weighted by molar-refractivity contribution is 9.10. The number of benzene rings is 3. The fraction of sp³-hybridized carbons (Fsp3) is 0.125. The summed E-state index contributed by atoms with van der Waals surface area (Å²) < 4.78 is 12.2. The van der Waals surface area contributed by atoms with Crippen LogP contribution in [0.5, 0.6) is 11.5 Å². The minimum Gasteiger partial charge on any atom is -0.493 e. The molecule has 0 radical (unpaired) electrons. The molecular formula is C24H21BrClN3O4. The third-order valence-electron chi connectivity index (χ3n) is 4.33. The molecule has 0 aliphatic heterocycles. The number of hydrogen-bond donors (Lipinski definition) is 2. The molecule has 2 amide bonds. The smallest absolute Gasteiger partial charge is 0.249 e. The van der Waals surface area contributed by atoms with Crippen LogP contribution in [0.3, 0.4) is 0 Å². The van der Waals surface area contributed by atoms with E-state index in [0.29, 0.717) is 34.4 Å². The first-order valence-electron chi connectivity index (χ1n) is 9.85. The molecule has 170 valence electrons. The molecule has 0 aliphatic rings. The summed E-state index contributed by atoms with van der Waals surface area (Å²) in [4.78, 5) is 23.9. The maximum atomic E-state index is 12.0. The summed E-state index contributed by atoms with van der Waals surface area (Å²) in [5.74, 6) is 0.0914. The zero-order valence-corrected chi connectivity index (χ0v) is 20.0. The lowest BCUT2D eigenvalue weighted by molar-refractivity contribution is -0.126. The van der Waals surface area contributed by atoms with Gasteiger partial charge in [0.2, 0.25) is 11.8 Å². The lowest BCUT2D eigenvalue weighted by atomic mass is 10.2. The molecule has 0 bridgehead atoms. The zero-order chi connectivity index (χ0) is 23.6. The second-order valence-corrected chi connectivity index (χ2v) is 8.21. The van der Waals surface area contributed by atoms with Gasteiger partial charge in [0.25, 0.3) is 0 Å². The number of hydrogen-bond acceptors (Lipinski definition) is 5. The molecule has 7 nitrogen and oxygen atoms in total. The minimum atomic E-state index is -0.549. The van der Waals surface area contributed by atoms with Crippen molar-refractivity contribution >= 4 is 51.2 Å². The van der Waals surface area contributed by atoms with E-state index in [4.69, 9.17) is 21.1 Å². The highest BCUT2D eigenvalue weighted by Gasteiger charge is 2.10. The van der Waals surface area contributed by atoms with Crippen molar-refractivity contribution in [3.63, 3.8) is 0 Å². The molecule has 0 spiro atoms. The number of carbonyl (C=O) groups excluding carboxylic acids is 2. The second-order valence-electron chi connectivity index (χ2n) is 6.85. The van der Waals surface area contributed by atoms with E-state index < -0.39 is 11.8 Å². The summed E-state index contributed by atoms with van der Waals surface area (Å²) in [6.07, 6.45) is 1.07. The highest BCUT2D eigenvalue weighted by Crippen LogP contribution is 2.28. The fourth-order valence-electron chi connectivity index (χ4n) is 2.76. The molecule has 33 heavy (non-hydrogen) atoms. The van der Waals surface area contributed by atoms with E-state index in [1.165, 1.54) is 6.21 Å². The number of methoxy groups -OCH3 is 1. The van der Waals surface area contributed by atoms with Gasteiger partial charge in [-0.15, -0.1) is 0 Å². The molecule has 0 atom stereocenters. The minimum absolute atomic E-state index is 0.379. The van der Waals surface area contributed by atoms with Crippen LogP contribution in [0, 0.1) is 0 Å². The van der Waals surface area contributed by atoms with Gasteiger partial charge in [0.15, 0.2) is 11.5 Å². The van der Waals surface area contributed by atoms with Crippen LogP contribution in [0.2, 0.25) is 5.02 Å². The summed E-state index contributed by atoms with van der Waals surface area (Å²) in [6, 6.07) is 19.8. The van der Waals surface area contributed by atoms with Gasteiger partial charge in [-0.1, -0.05) is 45.7 Å². The third kappa shape index (κ3) is 7.93. The normalized spacial score (nSPS) is 10.6. The fourth-order valence-corrected chi connectivity index (χ4v) is 3.22. The van der Waals surface area contributed by atoms with Crippen molar-refractivity contribution in [2.45, 2.75) is 13.0 Å². The average Bonchev–Trinajstić information content (AvgIpc) is 2.79. The van der Waals surface area contributed by atoms with Crippen LogP contribution < -0.4 is 20.2 Å². The summed E-state index contributed by atoms with van der Waals surface area (Å²) >= 11 is 9.28. The van der Waals surface area contributed by atoms with Crippen LogP contribution in [0.1, 0.15) is 17.5 Å². The molecule has 0 saturated heterocycles. The Morgan fingerprint density at radius 1 is 1.03 bits per heavy atom. The van der Waals surface area contributed by atoms with Gasteiger partial charge in [-0.25, -0.2) is 5.43 Å². The molecule has 0 aromatic heterocycles. The number of rotatable bonds is 9. The van der Waals surface area contributed by atoms with E-state index in [0.717, 1.165) is 10.0 Å². The first kappa shape index (κ1) is 24.3. The highest BCUT2D eigenvalue weighted by atomic mass is 79.9. The Morgan fingerprint density at radius 2 is 1.82 bits per heavy atom. The molecule has 0 unspecified atom stereocenters. The van der Waals surface area contributed by atoms with Gasteiger partial charge >= 0.3 is 0 Å². The van der Waals surface area contributed by atoms with Crippen molar-refractivity contribution in [2.75, 3.05) is 12.4 Å². The van der Waals surface area contributed by atoms with Crippen LogP contribution >= 0.6 is 27.5 Å². The van der Waals surface area contributed by atoms with Gasteiger partial charge in [0.1, 0.15) is 13.0 Å². The van der Waals surface area contributed by atoms with Gasteiger partial charge < -0.3 is 14.8 Å². The van der Waals surface area contributed by atoms with Crippen molar-refractivity contribution in [2.24, 2.45) is 5.10 Å². The predicted octanol–water partition coefficient (Wildman–Crippen LogP) is 5.17. The van der Waals surface area contributed by atoms with E-state index in [1.807, 2.05) is 24.3 Å². The first-order valence-corrected chi connectivity index (χ1v) is 11.0. The largest absolute Gasteiger partial charge is 0.493 e. The topological polar surface area (TPSA) is 89.0 Å². The number of nitrogens with zero attached hydrogens (tertiary/aromatic N) is 1. The van der Waals surface area contributed by atoms with Crippen molar-refractivity contribution in [3.05, 3.63) is 87.4 Å². The molecule has 3 aromatic carbocycles. The number of halogens is 2. The van der Waals surface area contributed by atoms with Crippen molar-refractivity contribution < 1.29 is 19.1 Å². The van der Waals surface area contributed by atoms with Gasteiger partial charge in [0, 0.05) is 15.2 Å². The molecule has 9 heteroatoms. The molecule has 0 saturated carbocycles. The molecule has 0 fully saturated rings. The Labute approximate surface area is 204 Å². The van der Waals surface area contributed by atoms with Crippen LogP contribution in [-0.2, 0) is 16.2 Å². The predicted molar refractivity (Wildman–Crippen MR) is 132 cm³/mol. The van der Waals surface area contributed by atoms with Crippen molar-refractivity contribution in [1.82, 2.24) is 5.43 Å². The Bertz CT molecular complexity index is 1150. The summed E-state index contributed by atoms with van der Waals surface area (Å²) in [6.45, 7) is 0.393. The summed E-state index contributed by atoms with van der Waals surface area (Å²) in [5.41, 5.74) is 4.55. The lowest BCUT2D eigenvalue weighted by Gasteiger charge is -2.11. The van der Waals surface area contributed by atoms with Crippen molar-refractivity contribution in [3.8, 4) is 11.5 Å². The first-order chi connectivity index (χ1) is 15.9. The number of ether oxygens (including phenoxy) is 2. The SMILES string of the molecule is COc1cc(/C=N\NC(=O)CC(=O)Nc2cccc(Cl)c2)ccc1OCc1ccc(Br)cc1. The Kier molecular flexibility index (Phi) is 8.86. The second kappa shape index (κ2) is 12.0. The van der Waals surface area contributed by atoms with Crippen LogP contribution in [0.4, 0.5) is 5.69 Å². The quantitative estimate of drug-likeness (QED) is 0.227. The Balaban J connectivity index is 1.51. The number of hydrazone groups is 1. The van der Waals surface area contributed by atoms with E-state index in [1.54, 1.807) is 49.6 Å². The molecule has 3 aromatic rings. The summed E-state index contributed by atoms with van der Waals surface area (Å²) in [7, 11) is 1.54. The molecule has 0 aliphatic carbocycles. The van der Waals surface area contributed by atoms with Gasteiger partial charge in [-0.3, -0.25) is 9.59 Å². The number of nitrogens with one attached hydrogen (secondary N) is 2. The number of amides is 2. The molecule has 2 N–H and O–H groups in total. The van der Waals surface area contributed by atoms with Crippen molar-refractivity contribution in [1.29, 1.82) is 0 Å². The van der Waals surface area contributed by atoms with E-state index in [-0.39, 0.29) is 6.42 Å². The maximum Gasteiger partial charge on any atom is 0.249 e. The molecule has 3 rings (SSSR count). The van der Waals surface area contributed by atoms with Gasteiger partial charge in [0.05, 0.1) is 13.3 Å². The molecular weight excluding hydrogens is 510 g/mol. The van der Waals surface area contributed by atoms with E-state index >= 15 is 0 Å². The standard InChI is InChI=1S/C24H21BrClN3O4/c1-32-22-11-17(7-10-21(22)33-15-16-5-8-18(25)9-6-16)14-27-29-24(31)13-23(30)28-20-4-2-3-19(26)12-20/h2-12,14H,13,15H2,1H3,(H,28,30)(H,29,31)/b27-14-. The molecule has 0 heterocycles. The lowest BCUT2D eigenvalue weighted by Crippen LogP contribution is -2.24. The summed E-state index contributed by atoms with van der Waals surface area (Å²) in [5, 5.41) is 6.98. The maximum absolute atomic E-state index is 12.0. The van der Waals surface area contributed by atoms with Gasteiger partial charge in [-0.2, -0.15) is 5.10 Å². The Morgan fingerprint density at radius 3 is 2.55 bits per heavy atom. The van der Waals surface area contributed by atoms with Gasteiger partial charge in [-0.05, 0) is 59.7 Å². The third-order valence-corrected chi connectivity index (χ3v) is 5.09. The van der Waals surface area contributed by atoms with Crippen LogP contribution in [0.15, 0.2) is 76.3 Å². The number of anilines is 1. The average molecular weight is 531 g/mol. The monoisotopic (exact) mass is 529 g/mol.